The Morgan fingerprint density at radius 3 is 2.43 bits per heavy atom. The average Bonchev–Trinajstić information content (AvgIpc) is 2.49. The summed E-state index contributed by atoms with van der Waals surface area (Å²) in [6.45, 7) is 6.06. The number of rotatable bonds is 4. The minimum atomic E-state index is 0.0488. The van der Waals surface area contributed by atoms with Gasteiger partial charge in [0.1, 0.15) is 0 Å². The van der Waals surface area contributed by atoms with Crippen molar-refractivity contribution >= 4 is 27.4 Å². The summed E-state index contributed by atoms with van der Waals surface area (Å²) >= 11 is 3.42. The lowest BCUT2D eigenvalue weighted by Gasteiger charge is -2.13. The Labute approximate surface area is 134 Å². The molecule has 0 amide bonds. The summed E-state index contributed by atoms with van der Waals surface area (Å²) in [5.74, 6) is 0.0488. The average molecular weight is 346 g/mol. The molecular weight excluding hydrogens is 326 g/mol. The summed E-state index contributed by atoms with van der Waals surface area (Å²) in [6.07, 6.45) is 1.76. The topological polar surface area (TPSA) is 43.1 Å². The molecule has 0 aromatic heterocycles. The minimum absolute atomic E-state index is 0.0488. The van der Waals surface area contributed by atoms with E-state index in [1.165, 1.54) is 5.56 Å². The first kappa shape index (κ1) is 15.8. The van der Waals surface area contributed by atoms with Crippen LogP contribution in [-0.4, -0.2) is 5.78 Å². The molecule has 0 aliphatic rings. The molecule has 0 unspecified atom stereocenters. The second-order valence-electron chi connectivity index (χ2n) is 5.20. The molecule has 2 aromatic carbocycles. The van der Waals surface area contributed by atoms with E-state index in [0.29, 0.717) is 11.3 Å². The van der Waals surface area contributed by atoms with Crippen LogP contribution in [0.25, 0.3) is 0 Å². The van der Waals surface area contributed by atoms with E-state index in [1.807, 2.05) is 25.1 Å². The summed E-state index contributed by atoms with van der Waals surface area (Å²) in [5.41, 5.74) is 11.2. The molecule has 21 heavy (non-hydrogen) atoms. The molecule has 0 heterocycles. The van der Waals surface area contributed by atoms with Crippen LogP contribution in [-0.2, 0) is 12.8 Å². The van der Waals surface area contributed by atoms with Gasteiger partial charge >= 0.3 is 0 Å². The van der Waals surface area contributed by atoms with Crippen LogP contribution in [0.4, 0.5) is 5.69 Å². The Balaban J connectivity index is 2.59. The fourth-order valence-electron chi connectivity index (χ4n) is 2.44. The number of anilines is 1. The molecule has 0 bridgehead atoms. The van der Waals surface area contributed by atoms with Gasteiger partial charge in [0, 0.05) is 21.3 Å². The third-order valence-electron chi connectivity index (χ3n) is 3.87. The van der Waals surface area contributed by atoms with E-state index in [1.54, 1.807) is 0 Å². The first-order valence-corrected chi connectivity index (χ1v) is 7.99. The van der Waals surface area contributed by atoms with Crippen molar-refractivity contribution in [2.75, 3.05) is 5.73 Å². The molecule has 0 aliphatic carbocycles. The summed E-state index contributed by atoms with van der Waals surface area (Å²) in [6, 6.07) is 9.85. The van der Waals surface area contributed by atoms with Crippen LogP contribution in [0, 0.1) is 6.92 Å². The highest BCUT2D eigenvalue weighted by Crippen LogP contribution is 2.26. The van der Waals surface area contributed by atoms with Crippen molar-refractivity contribution in [2.24, 2.45) is 0 Å². The number of hydrogen-bond donors (Lipinski definition) is 1. The van der Waals surface area contributed by atoms with Gasteiger partial charge in [-0.2, -0.15) is 0 Å². The van der Waals surface area contributed by atoms with Gasteiger partial charge in [0.25, 0.3) is 0 Å². The van der Waals surface area contributed by atoms with E-state index in [2.05, 4.69) is 41.9 Å². The Morgan fingerprint density at radius 2 is 1.81 bits per heavy atom. The third kappa shape index (κ3) is 3.18. The molecule has 0 saturated carbocycles. The molecule has 0 spiro atoms. The predicted molar refractivity (Wildman–Crippen MR) is 91.9 cm³/mol. The van der Waals surface area contributed by atoms with E-state index >= 15 is 0 Å². The zero-order valence-corrected chi connectivity index (χ0v) is 14.3. The Kier molecular flexibility index (Phi) is 4.84. The molecule has 2 rings (SSSR count). The van der Waals surface area contributed by atoms with Crippen LogP contribution >= 0.6 is 15.9 Å². The fourth-order valence-corrected chi connectivity index (χ4v) is 2.92. The van der Waals surface area contributed by atoms with Gasteiger partial charge in [-0.25, -0.2) is 0 Å². The quantitative estimate of drug-likeness (QED) is 0.644. The lowest BCUT2D eigenvalue weighted by atomic mass is 9.92. The van der Waals surface area contributed by atoms with Crippen molar-refractivity contribution in [1.29, 1.82) is 0 Å². The predicted octanol–water partition coefficient (Wildman–Crippen LogP) is 4.70. The molecule has 0 atom stereocenters. The van der Waals surface area contributed by atoms with Crippen molar-refractivity contribution < 1.29 is 4.79 Å². The number of carbonyl (C=O) groups excluding carboxylic acids is 1. The van der Waals surface area contributed by atoms with Gasteiger partial charge in [0.15, 0.2) is 5.78 Å². The van der Waals surface area contributed by atoms with E-state index in [0.717, 1.165) is 34.0 Å². The smallest absolute Gasteiger partial charge is 0.193 e. The Bertz CT molecular complexity index is 692. The number of ketones is 1. The van der Waals surface area contributed by atoms with E-state index in [4.69, 9.17) is 5.73 Å². The molecule has 0 radical (unpaired) electrons. The second-order valence-corrected chi connectivity index (χ2v) is 6.11. The van der Waals surface area contributed by atoms with E-state index < -0.39 is 0 Å². The zero-order chi connectivity index (χ0) is 15.6. The van der Waals surface area contributed by atoms with Crippen molar-refractivity contribution in [1.82, 2.24) is 0 Å². The normalized spacial score (nSPS) is 10.7. The molecule has 0 saturated heterocycles. The molecule has 2 aromatic rings. The van der Waals surface area contributed by atoms with Crippen molar-refractivity contribution in [3.63, 3.8) is 0 Å². The summed E-state index contributed by atoms with van der Waals surface area (Å²) in [7, 11) is 0. The number of nitrogens with two attached hydrogens (primary N) is 1. The highest BCUT2D eigenvalue weighted by Gasteiger charge is 2.17. The minimum Gasteiger partial charge on any atom is -0.398 e. The maximum atomic E-state index is 12.9. The van der Waals surface area contributed by atoms with Crippen LogP contribution < -0.4 is 5.73 Å². The van der Waals surface area contributed by atoms with Crippen LogP contribution in [0.2, 0.25) is 0 Å². The lowest BCUT2D eigenvalue weighted by molar-refractivity contribution is 0.103. The second kappa shape index (κ2) is 6.44. The third-order valence-corrected chi connectivity index (χ3v) is 4.32. The molecule has 3 heteroatoms. The summed E-state index contributed by atoms with van der Waals surface area (Å²) < 4.78 is 0.832. The number of halogens is 1. The van der Waals surface area contributed by atoms with Gasteiger partial charge in [-0.05, 0) is 54.7 Å². The fraction of sp³-hybridized carbons (Fsp3) is 0.278. The summed E-state index contributed by atoms with van der Waals surface area (Å²) in [5, 5.41) is 0. The van der Waals surface area contributed by atoms with Crippen molar-refractivity contribution in [3.05, 3.63) is 62.6 Å². The van der Waals surface area contributed by atoms with Gasteiger partial charge < -0.3 is 5.73 Å². The van der Waals surface area contributed by atoms with Gasteiger partial charge in [-0.1, -0.05) is 41.9 Å². The molecule has 0 fully saturated rings. The zero-order valence-electron chi connectivity index (χ0n) is 12.7. The lowest BCUT2D eigenvalue weighted by Crippen LogP contribution is -2.09. The monoisotopic (exact) mass is 345 g/mol. The van der Waals surface area contributed by atoms with Crippen molar-refractivity contribution in [2.45, 2.75) is 33.6 Å². The number of aryl methyl sites for hydroxylation is 2. The highest BCUT2D eigenvalue weighted by atomic mass is 79.9. The number of nitrogen functional groups attached to an aromatic ring is 1. The van der Waals surface area contributed by atoms with Crippen LogP contribution in [0.3, 0.4) is 0 Å². The maximum Gasteiger partial charge on any atom is 0.193 e. The number of hydrogen-bond acceptors (Lipinski definition) is 2. The van der Waals surface area contributed by atoms with Crippen LogP contribution in [0.1, 0.15) is 46.5 Å². The molecule has 0 aliphatic heterocycles. The van der Waals surface area contributed by atoms with Crippen molar-refractivity contribution in [3.8, 4) is 0 Å². The Hall–Kier alpha value is -1.61. The van der Waals surface area contributed by atoms with Crippen LogP contribution in [0.5, 0.6) is 0 Å². The van der Waals surface area contributed by atoms with Gasteiger partial charge in [0.05, 0.1) is 0 Å². The summed E-state index contributed by atoms with van der Waals surface area (Å²) in [4.78, 5) is 12.9. The van der Waals surface area contributed by atoms with E-state index in [-0.39, 0.29) is 5.78 Å². The van der Waals surface area contributed by atoms with Gasteiger partial charge in [-0.15, -0.1) is 0 Å². The number of benzene rings is 2. The molecular formula is C18H20BrNO. The largest absolute Gasteiger partial charge is 0.398 e. The first-order valence-electron chi connectivity index (χ1n) is 7.20. The standard InChI is InChI=1S/C18H20BrNO/c1-4-12-6-7-13(5-2)16(8-12)18(21)15-9-14(19)10-17(20)11(15)3/h6-10H,4-5,20H2,1-3H3. The van der Waals surface area contributed by atoms with Crippen LogP contribution in [0.15, 0.2) is 34.8 Å². The molecule has 2 N–H and O–H groups in total. The number of carbonyl (C=O) groups is 1. The Morgan fingerprint density at radius 1 is 1.10 bits per heavy atom. The molecule has 2 nitrogen and oxygen atoms in total. The SMILES string of the molecule is CCc1ccc(CC)c(C(=O)c2cc(Br)cc(N)c2C)c1. The molecule has 110 valence electrons. The van der Waals surface area contributed by atoms with Gasteiger partial charge in [0.2, 0.25) is 0 Å². The van der Waals surface area contributed by atoms with Gasteiger partial charge in [-0.3, -0.25) is 4.79 Å². The first-order chi connectivity index (χ1) is 9.97. The van der Waals surface area contributed by atoms with E-state index in [9.17, 15) is 4.79 Å². The highest BCUT2D eigenvalue weighted by molar-refractivity contribution is 9.10. The maximum absolute atomic E-state index is 12.9.